The molecule has 2 bridgehead atoms. The summed E-state index contributed by atoms with van der Waals surface area (Å²) in [6, 6.07) is 20.3. The van der Waals surface area contributed by atoms with Gasteiger partial charge in [0.15, 0.2) is 11.5 Å². The van der Waals surface area contributed by atoms with Crippen LogP contribution in [0.15, 0.2) is 71.8 Å². The fourth-order valence-corrected chi connectivity index (χ4v) is 6.00. The summed E-state index contributed by atoms with van der Waals surface area (Å²) in [5.41, 5.74) is 2.53. The van der Waals surface area contributed by atoms with E-state index in [0.717, 1.165) is 35.5 Å². The van der Waals surface area contributed by atoms with Crippen LogP contribution in [0.2, 0.25) is 0 Å². The van der Waals surface area contributed by atoms with E-state index in [1.54, 1.807) is 26.6 Å². The molecule has 208 valence electrons. The first-order chi connectivity index (χ1) is 19.5. The van der Waals surface area contributed by atoms with Crippen LogP contribution in [0.25, 0.3) is 10.9 Å². The maximum absolute atomic E-state index is 13.8. The van der Waals surface area contributed by atoms with Gasteiger partial charge in [0, 0.05) is 24.2 Å². The second-order valence-corrected chi connectivity index (χ2v) is 10.7. The van der Waals surface area contributed by atoms with E-state index in [2.05, 4.69) is 11.9 Å². The molecule has 0 N–H and O–H groups in total. The molecule has 0 aliphatic carbocycles. The van der Waals surface area contributed by atoms with E-state index in [1.807, 2.05) is 59.2 Å². The third-order valence-electron chi connectivity index (χ3n) is 8.42. The monoisotopic (exact) mass is 541 g/mol. The molecule has 0 saturated carbocycles. The van der Waals surface area contributed by atoms with Crippen molar-refractivity contribution < 1.29 is 18.9 Å². The molecular weight excluding hydrogens is 506 g/mol. The molecule has 3 aromatic carbocycles. The molecule has 0 radical (unpaired) electrons. The summed E-state index contributed by atoms with van der Waals surface area (Å²) in [4.78, 5) is 21.0. The van der Waals surface area contributed by atoms with Gasteiger partial charge in [-0.2, -0.15) is 0 Å². The minimum absolute atomic E-state index is 0.0324. The summed E-state index contributed by atoms with van der Waals surface area (Å²) in [5.74, 6) is 2.62. The zero-order valence-corrected chi connectivity index (χ0v) is 23.2. The van der Waals surface area contributed by atoms with Crippen molar-refractivity contribution in [1.29, 1.82) is 0 Å². The predicted octanol–water partition coefficient (Wildman–Crippen LogP) is 5.37. The van der Waals surface area contributed by atoms with Crippen LogP contribution in [0.1, 0.15) is 42.9 Å². The van der Waals surface area contributed by atoms with E-state index >= 15 is 0 Å². The Kier molecular flexibility index (Phi) is 7.34. The largest absolute Gasteiger partial charge is 0.497 e. The number of benzene rings is 3. The zero-order chi connectivity index (χ0) is 27.6. The average molecular weight is 542 g/mol. The SMILES string of the molecule is COc1ccc(COc2cc3ncn(C4CC5CCC(C4)N5C)c(=O)c3cc2OCc2ccc(OC)cc2)cc1. The number of rotatable bonds is 9. The highest BCUT2D eigenvalue weighted by atomic mass is 16.5. The normalized spacial score (nSPS) is 20.4. The number of hydrogen-bond acceptors (Lipinski definition) is 7. The molecule has 1 aromatic heterocycles. The van der Waals surface area contributed by atoms with Gasteiger partial charge in [-0.15, -0.1) is 0 Å². The molecule has 2 aliphatic heterocycles. The predicted molar refractivity (Wildman–Crippen MR) is 153 cm³/mol. The van der Waals surface area contributed by atoms with Crippen LogP contribution in [0.3, 0.4) is 0 Å². The molecule has 2 atom stereocenters. The number of methoxy groups -OCH3 is 2. The lowest BCUT2D eigenvalue weighted by atomic mass is 9.97. The molecule has 0 spiro atoms. The van der Waals surface area contributed by atoms with Gasteiger partial charge in [-0.25, -0.2) is 4.98 Å². The smallest absolute Gasteiger partial charge is 0.261 e. The Bertz CT molecular complexity index is 1520. The molecule has 3 heterocycles. The number of hydrogen-bond donors (Lipinski definition) is 0. The molecule has 4 aromatic rings. The molecule has 2 unspecified atom stereocenters. The van der Waals surface area contributed by atoms with Crippen molar-refractivity contribution in [2.24, 2.45) is 0 Å². The Morgan fingerprint density at radius 1 is 0.775 bits per heavy atom. The van der Waals surface area contributed by atoms with Crippen molar-refractivity contribution in [3.05, 3.63) is 88.5 Å². The van der Waals surface area contributed by atoms with E-state index in [-0.39, 0.29) is 11.6 Å². The Balaban J connectivity index is 1.31. The number of piperidine rings is 1. The van der Waals surface area contributed by atoms with E-state index in [0.29, 0.717) is 47.7 Å². The number of fused-ring (bicyclic) bond motifs is 3. The van der Waals surface area contributed by atoms with Gasteiger partial charge in [-0.3, -0.25) is 9.36 Å². The van der Waals surface area contributed by atoms with Crippen molar-refractivity contribution >= 4 is 10.9 Å². The lowest BCUT2D eigenvalue weighted by Gasteiger charge is -2.36. The minimum Gasteiger partial charge on any atom is -0.497 e. The topological polar surface area (TPSA) is 75.1 Å². The molecular formula is C32H35N3O5. The lowest BCUT2D eigenvalue weighted by molar-refractivity contribution is 0.135. The van der Waals surface area contributed by atoms with Crippen LogP contribution in [0.4, 0.5) is 0 Å². The summed E-state index contributed by atoms with van der Waals surface area (Å²) in [7, 11) is 5.50. The second-order valence-electron chi connectivity index (χ2n) is 10.7. The maximum Gasteiger partial charge on any atom is 0.261 e. The summed E-state index contributed by atoms with van der Waals surface area (Å²) in [6.07, 6.45) is 6.07. The Labute approximate surface area is 234 Å². The van der Waals surface area contributed by atoms with E-state index in [1.165, 1.54) is 12.8 Å². The molecule has 0 amide bonds. The highest BCUT2D eigenvalue weighted by molar-refractivity contribution is 5.81. The van der Waals surface area contributed by atoms with Crippen LogP contribution in [-0.4, -0.2) is 47.8 Å². The Morgan fingerprint density at radius 2 is 1.30 bits per heavy atom. The first kappa shape index (κ1) is 26.2. The third-order valence-corrected chi connectivity index (χ3v) is 8.42. The minimum atomic E-state index is -0.0324. The van der Waals surface area contributed by atoms with Crippen LogP contribution in [0, 0.1) is 0 Å². The van der Waals surface area contributed by atoms with Crippen molar-refractivity contribution in [3.63, 3.8) is 0 Å². The van der Waals surface area contributed by atoms with Gasteiger partial charge in [-0.1, -0.05) is 24.3 Å². The first-order valence-corrected chi connectivity index (χ1v) is 13.8. The van der Waals surface area contributed by atoms with Crippen molar-refractivity contribution in [3.8, 4) is 23.0 Å². The zero-order valence-electron chi connectivity index (χ0n) is 23.2. The summed E-state index contributed by atoms with van der Waals surface area (Å²) in [5, 5.41) is 0.537. The summed E-state index contributed by atoms with van der Waals surface area (Å²) in [6.45, 7) is 0.658. The molecule has 2 fully saturated rings. The molecule has 8 heteroatoms. The first-order valence-electron chi connectivity index (χ1n) is 13.8. The highest BCUT2D eigenvalue weighted by Crippen LogP contribution is 2.39. The quantitative estimate of drug-likeness (QED) is 0.282. The van der Waals surface area contributed by atoms with Gasteiger partial charge in [0.25, 0.3) is 5.56 Å². The Morgan fingerprint density at radius 3 is 1.82 bits per heavy atom. The van der Waals surface area contributed by atoms with E-state index < -0.39 is 0 Å². The van der Waals surface area contributed by atoms with Gasteiger partial charge < -0.3 is 23.8 Å². The lowest BCUT2D eigenvalue weighted by Crippen LogP contribution is -2.42. The fourth-order valence-electron chi connectivity index (χ4n) is 6.00. The second kappa shape index (κ2) is 11.2. The molecule has 40 heavy (non-hydrogen) atoms. The van der Waals surface area contributed by atoms with Gasteiger partial charge in [0.1, 0.15) is 24.7 Å². The van der Waals surface area contributed by atoms with Crippen molar-refractivity contribution in [2.45, 2.75) is 57.0 Å². The summed E-state index contributed by atoms with van der Waals surface area (Å²) < 4.78 is 24.9. The average Bonchev–Trinajstić information content (AvgIpc) is 3.18. The highest BCUT2D eigenvalue weighted by Gasteiger charge is 2.39. The summed E-state index contributed by atoms with van der Waals surface area (Å²) >= 11 is 0. The number of ether oxygens (including phenoxy) is 4. The Hall–Kier alpha value is -4.04. The fraction of sp³-hybridized carbons (Fsp3) is 0.375. The molecule has 2 aliphatic rings. The third kappa shape index (κ3) is 5.23. The van der Waals surface area contributed by atoms with Gasteiger partial charge in [0.05, 0.1) is 31.4 Å². The van der Waals surface area contributed by atoms with E-state index in [9.17, 15) is 4.79 Å². The van der Waals surface area contributed by atoms with Crippen molar-refractivity contribution in [2.75, 3.05) is 21.3 Å². The standard InChI is InChI=1S/C32H35N3O5/c1-34-23-8-9-24(34)15-25(14-23)35-20-33-29-17-31(40-19-22-6-12-27(38-3)13-7-22)30(16-28(29)32(35)36)39-18-21-4-10-26(37-2)11-5-21/h4-7,10-13,16-17,20,23-25H,8-9,14-15,18-19H2,1-3H3. The molecule has 2 saturated heterocycles. The van der Waals surface area contributed by atoms with E-state index in [4.69, 9.17) is 23.9 Å². The van der Waals surface area contributed by atoms with Crippen LogP contribution >= 0.6 is 0 Å². The van der Waals surface area contributed by atoms with Gasteiger partial charge in [-0.05, 0) is 74.2 Å². The number of aromatic nitrogens is 2. The van der Waals surface area contributed by atoms with Crippen molar-refractivity contribution in [1.82, 2.24) is 14.5 Å². The molecule has 6 rings (SSSR count). The van der Waals surface area contributed by atoms with Crippen LogP contribution in [0.5, 0.6) is 23.0 Å². The van der Waals surface area contributed by atoms with Gasteiger partial charge in [0.2, 0.25) is 0 Å². The van der Waals surface area contributed by atoms with Crippen LogP contribution < -0.4 is 24.5 Å². The number of nitrogens with zero attached hydrogens (tertiary/aromatic N) is 3. The molecule has 8 nitrogen and oxygen atoms in total. The van der Waals surface area contributed by atoms with Crippen LogP contribution in [-0.2, 0) is 13.2 Å². The maximum atomic E-state index is 13.8. The van der Waals surface area contributed by atoms with Gasteiger partial charge >= 0.3 is 0 Å².